The lowest BCUT2D eigenvalue weighted by atomic mass is 9.63. The Bertz CT molecular complexity index is 981. The van der Waals surface area contributed by atoms with Crippen LogP contribution >= 0.6 is 0 Å². The Morgan fingerprint density at radius 3 is 2.40 bits per heavy atom. The second-order valence-electron chi connectivity index (χ2n) is 8.24. The van der Waals surface area contributed by atoms with Crippen LogP contribution in [0.4, 0.5) is 5.69 Å². The monoisotopic (exact) mass is 430 g/mol. The third kappa shape index (κ3) is 4.78. The molecule has 0 spiro atoms. The van der Waals surface area contributed by atoms with Crippen molar-refractivity contribution in [1.82, 2.24) is 5.32 Å². The maximum atomic E-state index is 12.9. The zero-order valence-corrected chi connectivity index (χ0v) is 18.6. The van der Waals surface area contributed by atoms with Gasteiger partial charge in [-0.15, -0.1) is 0 Å². The highest BCUT2D eigenvalue weighted by Crippen LogP contribution is 2.44. The number of carbonyl (C=O) groups excluding carboxylic acids is 1. The minimum absolute atomic E-state index is 0.0686. The zero-order chi connectivity index (χ0) is 21.8. The van der Waals surface area contributed by atoms with E-state index in [1.165, 1.54) is 19.2 Å². The molecule has 6 nitrogen and oxygen atoms in total. The molecular weight excluding hydrogens is 400 g/mol. The summed E-state index contributed by atoms with van der Waals surface area (Å²) in [5, 5.41) is 3.08. The first-order valence-corrected chi connectivity index (χ1v) is 11.8. The number of carbonyl (C=O) groups is 1. The highest BCUT2D eigenvalue weighted by molar-refractivity contribution is 7.92. The number of hydrogen-bond donors (Lipinski definition) is 2. The SMILES string of the molecule is COc1cccc(S(=O)(=O)Nc2ccc(C3(C(=O)NCCC(C)C)CCC3)cc2)c1. The van der Waals surface area contributed by atoms with Crippen LogP contribution in [0.2, 0.25) is 0 Å². The van der Waals surface area contributed by atoms with Gasteiger partial charge in [0.1, 0.15) is 5.75 Å². The third-order valence-electron chi connectivity index (χ3n) is 5.69. The Morgan fingerprint density at radius 2 is 1.83 bits per heavy atom. The van der Waals surface area contributed by atoms with Crippen LogP contribution in [0.5, 0.6) is 5.75 Å². The number of rotatable bonds is 9. The molecule has 0 saturated heterocycles. The molecule has 1 amide bonds. The Hall–Kier alpha value is -2.54. The number of hydrogen-bond acceptors (Lipinski definition) is 4. The highest BCUT2D eigenvalue weighted by atomic mass is 32.2. The molecule has 3 rings (SSSR count). The fourth-order valence-corrected chi connectivity index (χ4v) is 4.75. The normalized spacial score (nSPS) is 15.3. The second kappa shape index (κ2) is 9.08. The lowest BCUT2D eigenvalue weighted by Gasteiger charge is -2.41. The molecule has 0 heterocycles. The molecule has 1 aliphatic rings. The average molecular weight is 431 g/mol. The van der Waals surface area contributed by atoms with Gasteiger partial charge in [0.2, 0.25) is 5.91 Å². The molecule has 7 heteroatoms. The Morgan fingerprint density at radius 1 is 1.13 bits per heavy atom. The Labute approximate surface area is 179 Å². The van der Waals surface area contributed by atoms with Crippen LogP contribution in [-0.4, -0.2) is 28.0 Å². The van der Waals surface area contributed by atoms with E-state index in [4.69, 9.17) is 4.74 Å². The minimum Gasteiger partial charge on any atom is -0.497 e. The molecule has 1 aliphatic carbocycles. The van der Waals surface area contributed by atoms with Crippen LogP contribution in [0.25, 0.3) is 0 Å². The van der Waals surface area contributed by atoms with Gasteiger partial charge in [0, 0.05) is 18.3 Å². The van der Waals surface area contributed by atoms with Crippen molar-refractivity contribution in [3.63, 3.8) is 0 Å². The molecule has 162 valence electrons. The van der Waals surface area contributed by atoms with E-state index < -0.39 is 15.4 Å². The number of methoxy groups -OCH3 is 1. The predicted molar refractivity (Wildman–Crippen MR) is 118 cm³/mol. The summed E-state index contributed by atoms with van der Waals surface area (Å²) in [6.45, 7) is 4.95. The van der Waals surface area contributed by atoms with Gasteiger partial charge in [0.25, 0.3) is 10.0 Å². The lowest BCUT2D eigenvalue weighted by Crippen LogP contribution is -2.49. The van der Waals surface area contributed by atoms with Crippen LogP contribution in [0, 0.1) is 5.92 Å². The molecule has 0 unspecified atom stereocenters. The van der Waals surface area contributed by atoms with Gasteiger partial charge < -0.3 is 10.1 Å². The standard InChI is InChI=1S/C23H30N2O4S/c1-17(2)12-15-24-22(26)23(13-5-14-23)18-8-10-19(11-9-18)25-30(27,28)21-7-4-6-20(16-21)29-3/h4,6-11,16-17,25H,5,12-15H2,1-3H3,(H,24,26). The molecule has 0 aromatic heterocycles. The molecule has 2 aromatic carbocycles. The largest absolute Gasteiger partial charge is 0.497 e. The summed E-state index contributed by atoms with van der Waals surface area (Å²) < 4.78 is 33.0. The topological polar surface area (TPSA) is 84.5 Å². The van der Waals surface area contributed by atoms with Crippen molar-refractivity contribution in [2.75, 3.05) is 18.4 Å². The van der Waals surface area contributed by atoms with Crippen LogP contribution in [-0.2, 0) is 20.2 Å². The van der Waals surface area contributed by atoms with E-state index in [0.717, 1.165) is 31.2 Å². The number of sulfonamides is 1. The van der Waals surface area contributed by atoms with E-state index >= 15 is 0 Å². The molecule has 0 radical (unpaired) electrons. The molecule has 30 heavy (non-hydrogen) atoms. The van der Waals surface area contributed by atoms with E-state index in [0.29, 0.717) is 23.9 Å². The van der Waals surface area contributed by atoms with Crippen LogP contribution < -0.4 is 14.8 Å². The van der Waals surface area contributed by atoms with Gasteiger partial charge >= 0.3 is 0 Å². The van der Waals surface area contributed by atoms with E-state index in [1.54, 1.807) is 24.3 Å². The van der Waals surface area contributed by atoms with Crippen molar-refractivity contribution < 1.29 is 17.9 Å². The molecule has 1 fully saturated rings. The smallest absolute Gasteiger partial charge is 0.262 e. The van der Waals surface area contributed by atoms with Crippen molar-refractivity contribution in [3.8, 4) is 5.75 Å². The van der Waals surface area contributed by atoms with Crippen molar-refractivity contribution >= 4 is 21.6 Å². The molecular formula is C23H30N2O4S. The predicted octanol–water partition coefficient (Wildman–Crippen LogP) is 4.08. The summed E-state index contributed by atoms with van der Waals surface area (Å²) in [5.41, 5.74) is 0.887. The summed E-state index contributed by atoms with van der Waals surface area (Å²) >= 11 is 0. The van der Waals surface area contributed by atoms with E-state index in [9.17, 15) is 13.2 Å². The average Bonchev–Trinajstić information content (AvgIpc) is 2.68. The first-order chi connectivity index (χ1) is 14.3. The van der Waals surface area contributed by atoms with Crippen molar-refractivity contribution in [2.45, 2.75) is 49.8 Å². The van der Waals surface area contributed by atoms with Gasteiger partial charge in [0.05, 0.1) is 17.4 Å². The summed E-state index contributed by atoms with van der Waals surface area (Å²) in [6, 6.07) is 13.5. The number of amides is 1. The van der Waals surface area contributed by atoms with Gasteiger partial charge in [0.15, 0.2) is 0 Å². The third-order valence-corrected chi connectivity index (χ3v) is 7.07. The van der Waals surface area contributed by atoms with Gasteiger partial charge in [-0.2, -0.15) is 0 Å². The van der Waals surface area contributed by atoms with Crippen molar-refractivity contribution in [3.05, 3.63) is 54.1 Å². The van der Waals surface area contributed by atoms with E-state index in [-0.39, 0.29) is 10.8 Å². The van der Waals surface area contributed by atoms with Gasteiger partial charge in [-0.1, -0.05) is 38.5 Å². The van der Waals surface area contributed by atoms with E-state index in [1.807, 2.05) is 12.1 Å². The number of anilines is 1. The number of nitrogens with one attached hydrogen (secondary N) is 2. The second-order valence-corrected chi connectivity index (χ2v) is 9.92. The van der Waals surface area contributed by atoms with Gasteiger partial charge in [-0.25, -0.2) is 8.42 Å². The van der Waals surface area contributed by atoms with Crippen LogP contribution in [0.15, 0.2) is 53.4 Å². The molecule has 2 N–H and O–H groups in total. The van der Waals surface area contributed by atoms with Crippen molar-refractivity contribution in [2.24, 2.45) is 5.92 Å². The Kier molecular flexibility index (Phi) is 6.71. The molecule has 1 saturated carbocycles. The number of benzene rings is 2. The molecule has 0 aliphatic heterocycles. The van der Waals surface area contributed by atoms with E-state index in [2.05, 4.69) is 23.9 Å². The van der Waals surface area contributed by atoms with Crippen LogP contribution in [0.3, 0.4) is 0 Å². The van der Waals surface area contributed by atoms with Gasteiger partial charge in [-0.05, 0) is 55.0 Å². The lowest BCUT2D eigenvalue weighted by molar-refractivity contribution is -0.129. The summed E-state index contributed by atoms with van der Waals surface area (Å²) in [4.78, 5) is 13.0. The summed E-state index contributed by atoms with van der Waals surface area (Å²) in [7, 11) is -2.24. The first kappa shape index (κ1) is 22.2. The summed E-state index contributed by atoms with van der Waals surface area (Å²) in [6.07, 6.45) is 3.60. The number of ether oxygens (including phenoxy) is 1. The fourth-order valence-electron chi connectivity index (χ4n) is 3.66. The summed E-state index contributed by atoms with van der Waals surface area (Å²) in [5.74, 6) is 1.09. The zero-order valence-electron chi connectivity index (χ0n) is 17.8. The van der Waals surface area contributed by atoms with Crippen LogP contribution in [0.1, 0.15) is 45.1 Å². The maximum Gasteiger partial charge on any atom is 0.262 e. The van der Waals surface area contributed by atoms with Crippen molar-refractivity contribution in [1.29, 1.82) is 0 Å². The van der Waals surface area contributed by atoms with Gasteiger partial charge in [-0.3, -0.25) is 9.52 Å². The Balaban J connectivity index is 1.73. The molecule has 2 aromatic rings. The fraction of sp³-hybridized carbons (Fsp3) is 0.435. The highest BCUT2D eigenvalue weighted by Gasteiger charge is 2.45. The maximum absolute atomic E-state index is 12.9. The quantitative estimate of drug-likeness (QED) is 0.628. The minimum atomic E-state index is -3.73. The first-order valence-electron chi connectivity index (χ1n) is 10.3. The molecule has 0 atom stereocenters. The molecule has 0 bridgehead atoms.